The largest absolute Gasteiger partial charge is 0.496 e. The van der Waals surface area contributed by atoms with E-state index in [0.29, 0.717) is 11.3 Å². The van der Waals surface area contributed by atoms with E-state index in [1.54, 1.807) is 42.5 Å². The van der Waals surface area contributed by atoms with Gasteiger partial charge in [0.25, 0.3) is 0 Å². The van der Waals surface area contributed by atoms with Gasteiger partial charge in [0.15, 0.2) is 17.2 Å². The smallest absolute Gasteiger partial charge is 0.363 e. The van der Waals surface area contributed by atoms with E-state index in [0.717, 1.165) is 0 Å². The zero-order chi connectivity index (χ0) is 23.4. The lowest BCUT2D eigenvalue weighted by Crippen LogP contribution is -2.10. The van der Waals surface area contributed by atoms with Crippen LogP contribution in [0.4, 0.5) is 4.39 Å². The quantitative estimate of drug-likeness (QED) is 0.316. The zero-order valence-corrected chi connectivity index (χ0v) is 17.7. The SMILES string of the molecule is COc1cc(C=C2N=C(c3ccccc3F)OC2=O)ccc1OC(=O)c1ccccc1OC. The van der Waals surface area contributed by atoms with Crippen molar-refractivity contribution in [3.63, 3.8) is 0 Å². The van der Waals surface area contributed by atoms with Gasteiger partial charge < -0.3 is 18.9 Å². The molecule has 33 heavy (non-hydrogen) atoms. The maximum Gasteiger partial charge on any atom is 0.363 e. The van der Waals surface area contributed by atoms with E-state index in [-0.39, 0.29) is 34.2 Å². The third-order valence-corrected chi connectivity index (χ3v) is 4.75. The molecule has 0 N–H and O–H groups in total. The van der Waals surface area contributed by atoms with E-state index in [4.69, 9.17) is 18.9 Å². The molecule has 0 saturated carbocycles. The van der Waals surface area contributed by atoms with Gasteiger partial charge in [0.05, 0.1) is 19.8 Å². The van der Waals surface area contributed by atoms with Gasteiger partial charge in [-0.2, -0.15) is 0 Å². The summed E-state index contributed by atoms with van der Waals surface area (Å²) in [6, 6.07) is 17.3. The highest BCUT2D eigenvalue weighted by Crippen LogP contribution is 2.31. The molecule has 4 rings (SSSR count). The molecule has 0 unspecified atom stereocenters. The number of benzene rings is 3. The Kier molecular flexibility index (Phi) is 6.17. The van der Waals surface area contributed by atoms with Crippen molar-refractivity contribution in [3.8, 4) is 17.2 Å². The fourth-order valence-corrected chi connectivity index (χ4v) is 3.14. The Morgan fingerprint density at radius 1 is 0.939 bits per heavy atom. The average Bonchev–Trinajstić information content (AvgIpc) is 3.19. The number of hydrogen-bond acceptors (Lipinski definition) is 7. The summed E-state index contributed by atoms with van der Waals surface area (Å²) in [6.07, 6.45) is 1.46. The van der Waals surface area contributed by atoms with E-state index in [1.165, 1.54) is 44.6 Å². The highest BCUT2D eigenvalue weighted by atomic mass is 19.1. The molecular formula is C25H18FNO6. The van der Waals surface area contributed by atoms with Crippen LogP contribution in [0.5, 0.6) is 17.2 Å². The maximum atomic E-state index is 14.0. The second-order valence-electron chi connectivity index (χ2n) is 6.82. The molecule has 3 aromatic rings. The zero-order valence-electron chi connectivity index (χ0n) is 17.7. The molecular weight excluding hydrogens is 429 g/mol. The van der Waals surface area contributed by atoms with Crippen molar-refractivity contribution < 1.29 is 32.9 Å². The number of rotatable bonds is 6. The highest BCUT2D eigenvalue weighted by Gasteiger charge is 2.26. The van der Waals surface area contributed by atoms with Gasteiger partial charge in [0.1, 0.15) is 17.1 Å². The minimum Gasteiger partial charge on any atom is -0.496 e. The first-order chi connectivity index (χ1) is 16.0. The molecule has 1 heterocycles. The number of ether oxygens (including phenoxy) is 4. The highest BCUT2D eigenvalue weighted by molar-refractivity contribution is 6.13. The third-order valence-electron chi connectivity index (χ3n) is 4.75. The number of carbonyl (C=O) groups excluding carboxylic acids is 2. The topological polar surface area (TPSA) is 83.4 Å². The lowest BCUT2D eigenvalue weighted by atomic mass is 10.1. The minimum absolute atomic E-state index is 0.00549. The molecule has 0 atom stereocenters. The van der Waals surface area contributed by atoms with Crippen LogP contribution < -0.4 is 14.2 Å². The van der Waals surface area contributed by atoms with Crippen molar-refractivity contribution in [2.75, 3.05) is 14.2 Å². The van der Waals surface area contributed by atoms with E-state index >= 15 is 0 Å². The first-order valence-electron chi connectivity index (χ1n) is 9.81. The van der Waals surface area contributed by atoms with E-state index < -0.39 is 17.8 Å². The molecule has 0 radical (unpaired) electrons. The van der Waals surface area contributed by atoms with Gasteiger partial charge in [0, 0.05) is 0 Å². The van der Waals surface area contributed by atoms with Gasteiger partial charge in [-0.1, -0.05) is 30.3 Å². The van der Waals surface area contributed by atoms with Crippen molar-refractivity contribution in [2.45, 2.75) is 0 Å². The number of cyclic esters (lactones) is 1. The Morgan fingerprint density at radius 2 is 1.67 bits per heavy atom. The molecule has 0 bridgehead atoms. The van der Waals surface area contributed by atoms with Crippen LogP contribution in [-0.4, -0.2) is 32.1 Å². The number of carbonyl (C=O) groups is 2. The van der Waals surface area contributed by atoms with Crippen LogP contribution in [0.1, 0.15) is 21.5 Å². The molecule has 7 nitrogen and oxygen atoms in total. The molecule has 0 saturated heterocycles. The predicted octanol–water partition coefficient (Wildman–Crippen LogP) is 4.41. The number of para-hydroxylation sites is 1. The normalized spacial score (nSPS) is 14.0. The van der Waals surface area contributed by atoms with Crippen LogP contribution in [0.2, 0.25) is 0 Å². The molecule has 3 aromatic carbocycles. The summed E-state index contributed by atoms with van der Waals surface area (Å²) in [6.45, 7) is 0. The van der Waals surface area contributed by atoms with E-state index in [2.05, 4.69) is 4.99 Å². The second kappa shape index (κ2) is 9.35. The number of esters is 2. The summed E-state index contributed by atoms with van der Waals surface area (Å²) < 4.78 is 35.1. The van der Waals surface area contributed by atoms with Crippen molar-refractivity contribution in [2.24, 2.45) is 4.99 Å². The molecule has 0 aromatic heterocycles. The standard InChI is InChI=1S/C25H18FNO6/c1-30-20-10-6-4-8-17(20)24(28)32-21-12-11-15(14-22(21)31-2)13-19-25(29)33-23(27-19)16-7-3-5-9-18(16)26/h3-14H,1-2H3. The van der Waals surface area contributed by atoms with E-state index in [9.17, 15) is 14.0 Å². The van der Waals surface area contributed by atoms with Crippen LogP contribution in [-0.2, 0) is 9.53 Å². The fourth-order valence-electron chi connectivity index (χ4n) is 3.14. The van der Waals surface area contributed by atoms with Crippen LogP contribution in [0.25, 0.3) is 6.08 Å². The Balaban J connectivity index is 1.59. The number of halogens is 1. The van der Waals surface area contributed by atoms with Crippen molar-refractivity contribution in [1.29, 1.82) is 0 Å². The molecule has 166 valence electrons. The first kappa shape index (κ1) is 21.8. The Labute approximate surface area is 188 Å². The van der Waals surface area contributed by atoms with E-state index in [1.807, 2.05) is 0 Å². The van der Waals surface area contributed by atoms with Crippen molar-refractivity contribution >= 4 is 23.9 Å². The summed E-state index contributed by atoms with van der Waals surface area (Å²) >= 11 is 0. The van der Waals surface area contributed by atoms with Gasteiger partial charge in [-0.3, -0.25) is 0 Å². The van der Waals surface area contributed by atoms with Gasteiger partial charge in [-0.15, -0.1) is 0 Å². The molecule has 1 aliphatic rings. The molecule has 0 aliphatic carbocycles. The molecule has 0 amide bonds. The number of hydrogen-bond donors (Lipinski definition) is 0. The first-order valence-corrected chi connectivity index (χ1v) is 9.81. The third kappa shape index (κ3) is 4.59. The summed E-state index contributed by atoms with van der Waals surface area (Å²) in [5.74, 6) is -1.16. The molecule has 0 spiro atoms. The summed E-state index contributed by atoms with van der Waals surface area (Å²) in [4.78, 5) is 28.9. The van der Waals surface area contributed by atoms with Crippen LogP contribution in [0.3, 0.4) is 0 Å². The van der Waals surface area contributed by atoms with Gasteiger partial charge in [0.2, 0.25) is 5.90 Å². The molecule has 1 aliphatic heterocycles. The molecule has 0 fully saturated rings. The number of nitrogens with zero attached hydrogens (tertiary/aromatic N) is 1. The van der Waals surface area contributed by atoms with Gasteiger partial charge in [-0.25, -0.2) is 19.0 Å². The Bertz CT molecular complexity index is 1300. The lowest BCUT2D eigenvalue weighted by Gasteiger charge is -2.11. The maximum absolute atomic E-state index is 14.0. The second-order valence-corrected chi connectivity index (χ2v) is 6.82. The Morgan fingerprint density at radius 3 is 2.42 bits per heavy atom. The molecule has 8 heteroatoms. The summed E-state index contributed by atoms with van der Waals surface area (Å²) in [5, 5.41) is 0. The average molecular weight is 447 g/mol. The lowest BCUT2D eigenvalue weighted by molar-refractivity contribution is -0.129. The summed E-state index contributed by atoms with van der Waals surface area (Å²) in [7, 11) is 2.88. The van der Waals surface area contributed by atoms with Crippen LogP contribution in [0, 0.1) is 5.82 Å². The Hall–Kier alpha value is -4.46. The summed E-state index contributed by atoms with van der Waals surface area (Å²) in [5.41, 5.74) is 0.880. The van der Waals surface area contributed by atoms with Crippen molar-refractivity contribution in [1.82, 2.24) is 0 Å². The monoisotopic (exact) mass is 447 g/mol. The fraction of sp³-hybridized carbons (Fsp3) is 0.0800. The van der Waals surface area contributed by atoms with Crippen LogP contribution in [0.15, 0.2) is 77.4 Å². The van der Waals surface area contributed by atoms with Gasteiger partial charge in [-0.05, 0) is 48.0 Å². The number of aliphatic imine (C=N–C) groups is 1. The van der Waals surface area contributed by atoms with Gasteiger partial charge >= 0.3 is 11.9 Å². The van der Waals surface area contributed by atoms with Crippen molar-refractivity contribution in [3.05, 3.63) is 94.9 Å². The predicted molar refractivity (Wildman–Crippen MR) is 118 cm³/mol. The minimum atomic E-state index is -0.709. The number of methoxy groups -OCH3 is 2. The van der Waals surface area contributed by atoms with Crippen LogP contribution >= 0.6 is 0 Å².